The smallest absolute Gasteiger partial charge is 0.408 e. The van der Waals surface area contributed by atoms with Crippen LogP contribution < -0.4 is 10.6 Å². The van der Waals surface area contributed by atoms with Gasteiger partial charge in [0.2, 0.25) is 5.91 Å². The lowest BCUT2D eigenvalue weighted by molar-refractivity contribution is -0.148. The monoisotopic (exact) mass is 581 g/mol. The Morgan fingerprint density at radius 1 is 1.05 bits per heavy atom. The Bertz CT molecular complexity index is 1250. The summed E-state index contributed by atoms with van der Waals surface area (Å²) in [5, 5.41) is 6.14. The maximum Gasteiger partial charge on any atom is 0.408 e. The van der Waals surface area contributed by atoms with Gasteiger partial charge in [0, 0.05) is 11.1 Å². The van der Waals surface area contributed by atoms with Crippen LogP contribution in [-0.4, -0.2) is 40.0 Å². The SMILES string of the molecule is C#Cc1ccc(C(C(=O)Nc2c(C)cccc2Cl)N(C(=O)C(CC(C)C)NC(=O)OC(C)(C)C)C(C)(C)CC)cc1. The highest BCUT2D eigenvalue weighted by atomic mass is 35.5. The van der Waals surface area contributed by atoms with E-state index in [4.69, 9.17) is 22.8 Å². The molecule has 0 fully saturated rings. The fourth-order valence-corrected chi connectivity index (χ4v) is 4.69. The summed E-state index contributed by atoms with van der Waals surface area (Å²) >= 11 is 6.46. The highest BCUT2D eigenvalue weighted by Gasteiger charge is 2.43. The molecule has 7 nitrogen and oxygen atoms in total. The first-order valence-corrected chi connectivity index (χ1v) is 14.3. The second kappa shape index (κ2) is 13.9. The minimum atomic E-state index is -1.06. The highest BCUT2D eigenvalue weighted by Crippen LogP contribution is 2.35. The van der Waals surface area contributed by atoms with Crippen molar-refractivity contribution < 1.29 is 19.1 Å². The molecule has 222 valence electrons. The molecule has 3 amide bonds. The zero-order chi connectivity index (χ0) is 31.1. The highest BCUT2D eigenvalue weighted by molar-refractivity contribution is 6.34. The van der Waals surface area contributed by atoms with Gasteiger partial charge in [0.15, 0.2) is 0 Å². The van der Waals surface area contributed by atoms with E-state index < -0.39 is 41.1 Å². The van der Waals surface area contributed by atoms with Gasteiger partial charge >= 0.3 is 6.09 Å². The molecule has 0 aliphatic rings. The van der Waals surface area contributed by atoms with Gasteiger partial charge in [0.1, 0.15) is 17.7 Å². The summed E-state index contributed by atoms with van der Waals surface area (Å²) in [5.74, 6) is 1.82. The van der Waals surface area contributed by atoms with Crippen molar-refractivity contribution >= 4 is 35.2 Å². The molecular formula is C33H44ClN3O4. The molecule has 2 rings (SSSR count). The molecule has 41 heavy (non-hydrogen) atoms. The minimum Gasteiger partial charge on any atom is -0.444 e. The van der Waals surface area contributed by atoms with Crippen LogP contribution in [0.25, 0.3) is 0 Å². The fourth-order valence-electron chi connectivity index (χ4n) is 4.42. The van der Waals surface area contributed by atoms with Crippen LogP contribution in [0.15, 0.2) is 42.5 Å². The van der Waals surface area contributed by atoms with E-state index in [0.717, 1.165) is 5.56 Å². The number of nitrogens with one attached hydrogen (secondary N) is 2. The number of carbonyl (C=O) groups excluding carboxylic acids is 3. The number of hydrogen-bond donors (Lipinski definition) is 2. The molecule has 0 spiro atoms. The summed E-state index contributed by atoms with van der Waals surface area (Å²) in [6, 6.07) is 10.3. The lowest BCUT2D eigenvalue weighted by Crippen LogP contribution is -2.59. The first-order valence-electron chi connectivity index (χ1n) is 14.0. The number of carbonyl (C=O) groups is 3. The second-order valence-electron chi connectivity index (χ2n) is 12.3. The number of aryl methyl sites for hydroxylation is 1. The average Bonchev–Trinajstić information content (AvgIpc) is 2.87. The first-order chi connectivity index (χ1) is 19.0. The number of benzene rings is 2. The van der Waals surface area contributed by atoms with E-state index in [2.05, 4.69) is 16.6 Å². The van der Waals surface area contributed by atoms with Gasteiger partial charge in [-0.2, -0.15) is 0 Å². The Labute approximate surface area is 250 Å². The molecular weight excluding hydrogens is 538 g/mol. The van der Waals surface area contributed by atoms with Gasteiger partial charge in [-0.25, -0.2) is 4.79 Å². The lowest BCUT2D eigenvalue weighted by Gasteiger charge is -2.45. The summed E-state index contributed by atoms with van der Waals surface area (Å²) < 4.78 is 5.48. The van der Waals surface area contributed by atoms with E-state index in [0.29, 0.717) is 34.7 Å². The molecule has 0 saturated carbocycles. The molecule has 2 N–H and O–H groups in total. The van der Waals surface area contributed by atoms with E-state index in [9.17, 15) is 14.4 Å². The van der Waals surface area contributed by atoms with Gasteiger partial charge in [-0.3, -0.25) is 9.59 Å². The number of terminal acetylenes is 1. The largest absolute Gasteiger partial charge is 0.444 e. The quantitative estimate of drug-likeness (QED) is 0.289. The van der Waals surface area contributed by atoms with Gasteiger partial charge in [-0.15, -0.1) is 6.42 Å². The molecule has 2 atom stereocenters. The zero-order valence-electron chi connectivity index (χ0n) is 25.7. The number of hydrogen-bond acceptors (Lipinski definition) is 4. The van der Waals surface area contributed by atoms with Crippen molar-refractivity contribution in [3.05, 3.63) is 64.2 Å². The third kappa shape index (κ3) is 9.26. The lowest BCUT2D eigenvalue weighted by atomic mass is 9.90. The Hall–Kier alpha value is -3.50. The summed E-state index contributed by atoms with van der Waals surface area (Å²) in [5.41, 5.74) is 0.935. The van der Waals surface area contributed by atoms with Gasteiger partial charge in [-0.1, -0.05) is 62.6 Å². The predicted molar refractivity (Wildman–Crippen MR) is 166 cm³/mol. The summed E-state index contributed by atoms with van der Waals surface area (Å²) in [6.07, 6.45) is 5.78. The molecule has 2 aromatic carbocycles. The van der Waals surface area contributed by atoms with Gasteiger partial charge < -0.3 is 20.3 Å². The Balaban J connectivity index is 2.70. The topological polar surface area (TPSA) is 87.7 Å². The van der Waals surface area contributed by atoms with Crippen molar-refractivity contribution in [3.63, 3.8) is 0 Å². The van der Waals surface area contributed by atoms with Crippen LogP contribution in [0.2, 0.25) is 5.02 Å². The van der Waals surface area contributed by atoms with E-state index in [1.807, 2.05) is 47.6 Å². The molecule has 0 aliphatic carbocycles. The summed E-state index contributed by atoms with van der Waals surface area (Å²) in [6.45, 7) is 16.8. The van der Waals surface area contributed by atoms with E-state index in [1.165, 1.54) is 0 Å². The predicted octanol–water partition coefficient (Wildman–Crippen LogP) is 7.27. The maximum absolute atomic E-state index is 14.5. The fraction of sp³-hybridized carbons (Fsp3) is 0.485. The van der Waals surface area contributed by atoms with Gasteiger partial charge in [-0.05, 0) is 89.6 Å². The number of amides is 3. The van der Waals surface area contributed by atoms with E-state index >= 15 is 0 Å². The summed E-state index contributed by atoms with van der Waals surface area (Å²) in [4.78, 5) is 43.2. The van der Waals surface area contributed by atoms with Crippen LogP contribution in [0.3, 0.4) is 0 Å². The van der Waals surface area contributed by atoms with Crippen molar-refractivity contribution in [2.24, 2.45) is 5.92 Å². The number of rotatable bonds is 10. The average molecular weight is 582 g/mol. The normalized spacial score (nSPS) is 13.1. The van der Waals surface area contributed by atoms with Crippen LogP contribution in [0, 0.1) is 25.2 Å². The van der Waals surface area contributed by atoms with Crippen LogP contribution in [0.1, 0.15) is 91.0 Å². The van der Waals surface area contributed by atoms with Crippen LogP contribution in [-0.2, 0) is 14.3 Å². The molecule has 2 aromatic rings. The van der Waals surface area contributed by atoms with Gasteiger partial charge in [0.05, 0.1) is 10.7 Å². The molecule has 0 saturated heterocycles. The van der Waals surface area contributed by atoms with Crippen LogP contribution >= 0.6 is 11.6 Å². The first kappa shape index (κ1) is 33.7. The molecule has 2 unspecified atom stereocenters. The number of halogens is 1. The molecule has 0 aromatic heterocycles. The molecule has 0 bridgehead atoms. The number of anilines is 1. The van der Waals surface area contributed by atoms with Crippen molar-refractivity contribution in [1.82, 2.24) is 10.2 Å². The zero-order valence-corrected chi connectivity index (χ0v) is 26.5. The van der Waals surface area contributed by atoms with Crippen LogP contribution in [0.4, 0.5) is 10.5 Å². The molecule has 0 radical (unpaired) electrons. The molecule has 0 aliphatic heterocycles. The van der Waals surface area contributed by atoms with E-state index in [1.54, 1.807) is 62.1 Å². The number of nitrogens with zero attached hydrogens (tertiary/aromatic N) is 1. The Morgan fingerprint density at radius 3 is 2.15 bits per heavy atom. The van der Waals surface area contributed by atoms with Crippen molar-refractivity contribution in [2.45, 2.75) is 98.4 Å². The van der Waals surface area contributed by atoms with Crippen molar-refractivity contribution in [2.75, 3.05) is 5.32 Å². The molecule has 8 heteroatoms. The summed E-state index contributed by atoms with van der Waals surface area (Å²) in [7, 11) is 0. The third-order valence-electron chi connectivity index (χ3n) is 6.82. The minimum absolute atomic E-state index is 0.0680. The third-order valence-corrected chi connectivity index (χ3v) is 7.14. The Morgan fingerprint density at radius 2 is 1.66 bits per heavy atom. The van der Waals surface area contributed by atoms with Crippen molar-refractivity contribution in [1.29, 1.82) is 0 Å². The molecule has 0 heterocycles. The number of para-hydroxylation sites is 1. The van der Waals surface area contributed by atoms with E-state index in [-0.39, 0.29) is 5.92 Å². The standard InChI is InChI=1S/C33H44ClN3O4/c1-11-23-16-18-24(19-17-23)28(29(38)36-27-22(5)14-13-15-25(27)34)37(33(9,10)12-2)30(39)26(20-21(3)4)35-31(40)41-32(6,7)8/h1,13-19,21,26,28H,12,20H2,2-10H3,(H,35,40)(H,36,38). The van der Waals surface area contributed by atoms with Gasteiger partial charge in [0.25, 0.3) is 5.91 Å². The van der Waals surface area contributed by atoms with Crippen molar-refractivity contribution in [3.8, 4) is 12.3 Å². The Kier molecular flexibility index (Phi) is 11.4. The number of ether oxygens (including phenoxy) is 1. The second-order valence-corrected chi connectivity index (χ2v) is 12.7. The van der Waals surface area contributed by atoms with Crippen LogP contribution in [0.5, 0.6) is 0 Å². The maximum atomic E-state index is 14.5. The number of alkyl carbamates (subject to hydrolysis) is 1.